The van der Waals surface area contributed by atoms with Crippen LogP contribution >= 0.6 is 0 Å². The maximum atomic E-state index is 4.59. The van der Waals surface area contributed by atoms with E-state index in [1.807, 2.05) is 19.2 Å². The normalized spacial score (nSPS) is 15.9. The highest BCUT2D eigenvalue weighted by Crippen LogP contribution is 2.27. The minimum atomic E-state index is 0.977. The molecule has 2 rings (SSSR count). The summed E-state index contributed by atoms with van der Waals surface area (Å²) in [5.41, 5.74) is 3.80. The van der Waals surface area contributed by atoms with Crippen molar-refractivity contribution in [2.75, 3.05) is 11.6 Å². The molecule has 0 saturated heterocycles. The Bertz CT molecular complexity index is 484. The van der Waals surface area contributed by atoms with Gasteiger partial charge in [0.2, 0.25) is 0 Å². The average molecular weight is 240 g/mol. The number of anilines is 1. The molecule has 0 amide bonds. The van der Waals surface area contributed by atoms with Crippen LogP contribution in [-0.4, -0.2) is 12.8 Å². The third kappa shape index (κ3) is 2.89. The molecule has 1 aliphatic heterocycles. The highest BCUT2D eigenvalue weighted by molar-refractivity contribution is 5.83. The summed E-state index contributed by atoms with van der Waals surface area (Å²) in [5, 5.41) is 6.68. The number of hydrogen-bond donors (Lipinski definition) is 0. The number of allylic oxidation sites excluding steroid dienone is 4. The zero-order valence-corrected chi connectivity index (χ0v) is 11.1. The van der Waals surface area contributed by atoms with Crippen LogP contribution in [0.3, 0.4) is 0 Å². The van der Waals surface area contributed by atoms with E-state index in [4.69, 9.17) is 0 Å². The third-order valence-corrected chi connectivity index (χ3v) is 3.01. The van der Waals surface area contributed by atoms with Gasteiger partial charge in [0.15, 0.2) is 0 Å². The first-order valence-electron chi connectivity index (χ1n) is 6.57. The second kappa shape index (κ2) is 6.20. The van der Waals surface area contributed by atoms with Crippen LogP contribution < -0.4 is 5.01 Å². The summed E-state index contributed by atoms with van der Waals surface area (Å²) < 4.78 is 0. The van der Waals surface area contributed by atoms with Crippen LogP contribution in [0.2, 0.25) is 0 Å². The maximum Gasteiger partial charge on any atom is 0.0626 e. The lowest BCUT2D eigenvalue weighted by molar-refractivity contribution is 0.896. The molecule has 0 aliphatic carbocycles. The number of hydrazone groups is 1. The highest BCUT2D eigenvalue weighted by Gasteiger charge is 2.16. The van der Waals surface area contributed by atoms with Crippen molar-refractivity contribution in [3.05, 3.63) is 53.6 Å². The Labute approximate surface area is 109 Å². The van der Waals surface area contributed by atoms with Crippen molar-refractivity contribution < 1.29 is 0 Å². The van der Waals surface area contributed by atoms with E-state index in [1.165, 1.54) is 16.8 Å². The number of benzene rings is 1. The van der Waals surface area contributed by atoms with Gasteiger partial charge in [0.25, 0.3) is 0 Å². The molecule has 1 aliphatic rings. The van der Waals surface area contributed by atoms with Crippen LogP contribution in [-0.2, 0) is 6.42 Å². The molecule has 0 N–H and O–H groups in total. The van der Waals surface area contributed by atoms with Gasteiger partial charge in [-0.3, -0.25) is 5.01 Å². The molecule has 1 aromatic carbocycles. The third-order valence-electron chi connectivity index (χ3n) is 3.01. The van der Waals surface area contributed by atoms with Crippen LogP contribution in [0.15, 0.2) is 53.2 Å². The van der Waals surface area contributed by atoms with E-state index in [1.54, 1.807) is 0 Å². The molecular weight excluding hydrogens is 220 g/mol. The van der Waals surface area contributed by atoms with Gasteiger partial charge in [-0.25, -0.2) is 0 Å². The fourth-order valence-electron chi connectivity index (χ4n) is 2.17. The monoisotopic (exact) mass is 240 g/mol. The minimum absolute atomic E-state index is 0.977. The fraction of sp³-hybridized carbons (Fsp3) is 0.312. The van der Waals surface area contributed by atoms with Crippen molar-refractivity contribution >= 4 is 11.9 Å². The van der Waals surface area contributed by atoms with Gasteiger partial charge in [-0.15, -0.1) is 0 Å². The summed E-state index contributed by atoms with van der Waals surface area (Å²) in [6, 6.07) is 8.48. The van der Waals surface area contributed by atoms with E-state index < -0.39 is 0 Å². The van der Waals surface area contributed by atoms with Crippen molar-refractivity contribution in [2.45, 2.75) is 26.7 Å². The second-order valence-corrected chi connectivity index (χ2v) is 4.36. The van der Waals surface area contributed by atoms with Crippen molar-refractivity contribution in [1.82, 2.24) is 0 Å². The fourth-order valence-corrected chi connectivity index (χ4v) is 2.17. The van der Waals surface area contributed by atoms with Gasteiger partial charge in [0, 0.05) is 6.54 Å². The average Bonchev–Trinajstić information content (AvgIpc) is 2.80. The summed E-state index contributed by atoms with van der Waals surface area (Å²) in [4.78, 5) is 0. The smallest absolute Gasteiger partial charge is 0.0626 e. The summed E-state index contributed by atoms with van der Waals surface area (Å²) in [7, 11) is 0. The Morgan fingerprint density at radius 1 is 1.39 bits per heavy atom. The molecule has 0 unspecified atom stereocenters. The Balaban J connectivity index is 2.13. The second-order valence-electron chi connectivity index (χ2n) is 4.36. The topological polar surface area (TPSA) is 15.6 Å². The van der Waals surface area contributed by atoms with Crippen molar-refractivity contribution in [3.8, 4) is 0 Å². The minimum Gasteiger partial charge on any atom is -0.265 e. The van der Waals surface area contributed by atoms with Crippen LogP contribution in [0.1, 0.15) is 25.8 Å². The van der Waals surface area contributed by atoms with Crippen molar-refractivity contribution in [3.63, 3.8) is 0 Å². The Hall–Kier alpha value is -1.83. The van der Waals surface area contributed by atoms with Gasteiger partial charge in [-0.1, -0.05) is 43.4 Å². The van der Waals surface area contributed by atoms with Crippen LogP contribution in [0.5, 0.6) is 0 Å². The number of para-hydroxylation sites is 1. The van der Waals surface area contributed by atoms with Gasteiger partial charge < -0.3 is 0 Å². The number of fused-ring (bicyclic) bond motifs is 1. The first-order valence-corrected chi connectivity index (χ1v) is 6.57. The predicted molar refractivity (Wildman–Crippen MR) is 79.2 cm³/mol. The summed E-state index contributed by atoms with van der Waals surface area (Å²) >= 11 is 0. The highest BCUT2D eigenvalue weighted by atomic mass is 15.5. The molecule has 0 radical (unpaired) electrons. The number of nitrogens with zero attached hydrogens (tertiary/aromatic N) is 2. The molecule has 94 valence electrons. The van der Waals surface area contributed by atoms with Gasteiger partial charge in [-0.05, 0) is 37.0 Å². The van der Waals surface area contributed by atoms with E-state index >= 15 is 0 Å². The lowest BCUT2D eigenvalue weighted by Crippen LogP contribution is -2.12. The Kier molecular flexibility index (Phi) is 4.35. The Morgan fingerprint density at radius 3 is 3.00 bits per heavy atom. The van der Waals surface area contributed by atoms with Gasteiger partial charge >= 0.3 is 0 Å². The van der Waals surface area contributed by atoms with Crippen LogP contribution in [0.25, 0.3) is 0 Å². The molecule has 0 bridgehead atoms. The van der Waals surface area contributed by atoms with E-state index in [-0.39, 0.29) is 0 Å². The zero-order valence-electron chi connectivity index (χ0n) is 11.1. The molecule has 2 heteroatoms. The van der Waals surface area contributed by atoms with Crippen molar-refractivity contribution in [1.29, 1.82) is 0 Å². The largest absolute Gasteiger partial charge is 0.265 e. The SMILES string of the molecule is C/C=C\C(C=NN1CCc2ccccc21)=C/CC. The van der Waals surface area contributed by atoms with Crippen LogP contribution in [0.4, 0.5) is 5.69 Å². The molecule has 0 atom stereocenters. The standard InChI is InChI=1S/C16H20N2/c1-3-7-14(8-4-2)13-17-18-12-11-15-9-5-6-10-16(15)18/h3,5-10,13H,4,11-12H2,1-2H3/b7-3-,14-8+,17-13?. The van der Waals surface area contributed by atoms with Gasteiger partial charge in [0.1, 0.15) is 0 Å². The first kappa shape index (κ1) is 12.6. The first-order chi connectivity index (χ1) is 8.85. The van der Waals surface area contributed by atoms with E-state index in [0.717, 1.165) is 19.4 Å². The molecule has 18 heavy (non-hydrogen) atoms. The summed E-state index contributed by atoms with van der Waals surface area (Å²) in [6.45, 7) is 5.15. The lowest BCUT2D eigenvalue weighted by Gasteiger charge is -2.12. The van der Waals surface area contributed by atoms with Crippen LogP contribution in [0, 0.1) is 0 Å². The zero-order chi connectivity index (χ0) is 12.8. The summed E-state index contributed by atoms with van der Waals surface area (Å²) in [5.74, 6) is 0. The molecule has 0 saturated carbocycles. The van der Waals surface area contributed by atoms with Crippen molar-refractivity contribution in [2.24, 2.45) is 5.10 Å². The molecule has 0 spiro atoms. The van der Waals surface area contributed by atoms with Gasteiger partial charge in [-0.2, -0.15) is 5.10 Å². The van der Waals surface area contributed by atoms with E-state index in [2.05, 4.69) is 53.5 Å². The van der Waals surface area contributed by atoms with E-state index in [0.29, 0.717) is 0 Å². The van der Waals surface area contributed by atoms with Gasteiger partial charge in [0.05, 0.1) is 11.9 Å². The number of rotatable bonds is 4. The molecule has 2 nitrogen and oxygen atoms in total. The lowest BCUT2D eigenvalue weighted by atomic mass is 10.2. The Morgan fingerprint density at radius 2 is 2.22 bits per heavy atom. The molecule has 1 heterocycles. The maximum absolute atomic E-state index is 4.59. The molecular formula is C16H20N2. The molecule has 0 fully saturated rings. The number of hydrogen-bond acceptors (Lipinski definition) is 2. The van der Waals surface area contributed by atoms with E-state index in [9.17, 15) is 0 Å². The molecule has 0 aromatic heterocycles. The molecule has 1 aromatic rings. The predicted octanol–water partition coefficient (Wildman–Crippen LogP) is 3.95. The quantitative estimate of drug-likeness (QED) is 0.575. The summed E-state index contributed by atoms with van der Waals surface area (Å²) in [6.07, 6.45) is 10.4.